The Hall–Kier alpha value is -4.40. The van der Waals surface area contributed by atoms with Gasteiger partial charge in [0, 0.05) is 13.1 Å². The molecule has 0 bridgehead atoms. The Morgan fingerprint density at radius 2 is 1.79 bits per heavy atom. The molecule has 2 saturated heterocycles. The van der Waals surface area contributed by atoms with Crippen molar-refractivity contribution in [1.82, 2.24) is 15.5 Å². The van der Waals surface area contributed by atoms with Crippen molar-refractivity contribution in [1.29, 1.82) is 5.26 Å². The minimum atomic E-state index is -5.11. The third-order valence-corrected chi connectivity index (χ3v) is 6.45. The Balaban J connectivity index is 1.83. The number of carbonyl (C=O) groups is 3. The van der Waals surface area contributed by atoms with Gasteiger partial charge in [-0.1, -0.05) is 30.3 Å². The SMILES string of the molecule is CC(C)(C)OC(=O)/N=C1\NC(=O)C2CCN(C(=O)C(F)(F)F)CC2(c2cccc(-c3cccc(C#N)c3)c2)N1. The van der Waals surface area contributed by atoms with Crippen molar-refractivity contribution in [3.8, 4) is 17.2 Å². The van der Waals surface area contributed by atoms with E-state index in [1.54, 1.807) is 69.3 Å². The van der Waals surface area contributed by atoms with Gasteiger partial charge < -0.3 is 15.0 Å². The Morgan fingerprint density at radius 3 is 2.44 bits per heavy atom. The van der Waals surface area contributed by atoms with Crippen molar-refractivity contribution in [3.63, 3.8) is 0 Å². The number of nitrogens with one attached hydrogen (secondary N) is 2. The maximum Gasteiger partial charge on any atom is 0.471 e. The molecule has 2 aromatic rings. The topological polar surface area (TPSA) is 124 Å². The van der Waals surface area contributed by atoms with E-state index >= 15 is 0 Å². The molecule has 2 unspecified atom stereocenters. The van der Waals surface area contributed by atoms with E-state index in [4.69, 9.17) is 4.74 Å². The molecule has 2 fully saturated rings. The monoisotopic (exact) mass is 541 g/mol. The zero-order valence-corrected chi connectivity index (χ0v) is 21.4. The zero-order valence-electron chi connectivity index (χ0n) is 21.4. The quantitative estimate of drug-likeness (QED) is 0.596. The van der Waals surface area contributed by atoms with E-state index in [0.717, 1.165) is 0 Å². The summed E-state index contributed by atoms with van der Waals surface area (Å²) in [7, 11) is 0. The fourth-order valence-electron chi connectivity index (χ4n) is 4.84. The van der Waals surface area contributed by atoms with Gasteiger partial charge in [0.1, 0.15) is 5.60 Å². The van der Waals surface area contributed by atoms with Crippen LogP contribution in [0.5, 0.6) is 0 Å². The van der Waals surface area contributed by atoms with Gasteiger partial charge >= 0.3 is 18.2 Å². The van der Waals surface area contributed by atoms with Crippen LogP contribution in [0.25, 0.3) is 11.1 Å². The molecule has 2 heterocycles. The average Bonchev–Trinajstić information content (AvgIpc) is 2.86. The number of benzene rings is 2. The molecule has 9 nitrogen and oxygen atoms in total. The predicted octanol–water partition coefficient (Wildman–Crippen LogP) is 3.84. The largest absolute Gasteiger partial charge is 0.471 e. The molecule has 2 aliphatic rings. The maximum atomic E-state index is 13.4. The van der Waals surface area contributed by atoms with Crippen LogP contribution in [-0.2, 0) is 19.9 Å². The Labute approximate surface area is 222 Å². The lowest BCUT2D eigenvalue weighted by Gasteiger charge is -2.51. The number of hydrogen-bond acceptors (Lipinski definition) is 5. The van der Waals surface area contributed by atoms with Crippen LogP contribution >= 0.6 is 0 Å². The van der Waals surface area contributed by atoms with Crippen LogP contribution in [0.3, 0.4) is 0 Å². The lowest BCUT2D eigenvalue weighted by Crippen LogP contribution is -2.71. The van der Waals surface area contributed by atoms with Crippen LogP contribution in [0, 0.1) is 17.2 Å². The number of nitrogens with zero attached hydrogens (tertiary/aromatic N) is 3. The summed E-state index contributed by atoms with van der Waals surface area (Å²) >= 11 is 0. The normalized spacial score (nSPS) is 22.3. The van der Waals surface area contributed by atoms with Crippen molar-refractivity contribution < 1.29 is 32.3 Å². The summed E-state index contributed by atoms with van der Waals surface area (Å²) < 4.78 is 45.5. The predicted molar refractivity (Wildman–Crippen MR) is 134 cm³/mol. The van der Waals surface area contributed by atoms with Gasteiger partial charge in [-0.05, 0) is 62.1 Å². The van der Waals surface area contributed by atoms with E-state index in [9.17, 15) is 32.8 Å². The average molecular weight is 542 g/mol. The number of nitriles is 1. The lowest BCUT2D eigenvalue weighted by atomic mass is 9.71. The second-order valence-electron chi connectivity index (χ2n) is 10.4. The molecule has 39 heavy (non-hydrogen) atoms. The van der Waals surface area contributed by atoms with Gasteiger partial charge in [0.05, 0.1) is 23.1 Å². The first-order valence-electron chi connectivity index (χ1n) is 12.1. The summed E-state index contributed by atoms with van der Waals surface area (Å²) in [5.74, 6) is -3.79. The fraction of sp³-hybridized carbons (Fsp3) is 0.370. The Morgan fingerprint density at radius 1 is 1.13 bits per heavy atom. The molecule has 2 atom stereocenters. The van der Waals surface area contributed by atoms with Crippen LogP contribution < -0.4 is 10.6 Å². The Kier molecular flexibility index (Phi) is 7.12. The second kappa shape index (κ2) is 10.1. The number of rotatable bonds is 2. The standard InChI is InChI=1S/C27H26F3N5O4/c1-25(2,3)39-24(38)33-23-32-21(36)20-10-11-35(22(37)27(28,29)30)15-26(20,34-23)19-9-5-8-18(13-19)17-7-4-6-16(12-17)14-31/h4-9,12-13,20H,10-11,15H2,1-3H3,(H2,32,33,34,36,38). The molecule has 204 valence electrons. The molecule has 12 heteroatoms. The molecular formula is C27H26F3N5O4. The van der Waals surface area contributed by atoms with Crippen molar-refractivity contribution in [2.24, 2.45) is 10.9 Å². The van der Waals surface area contributed by atoms with Crippen LogP contribution in [0.2, 0.25) is 0 Å². The Bertz CT molecular complexity index is 1390. The van der Waals surface area contributed by atoms with Gasteiger partial charge in [0.25, 0.3) is 0 Å². The highest BCUT2D eigenvalue weighted by Crippen LogP contribution is 2.41. The van der Waals surface area contributed by atoms with E-state index < -0.39 is 47.7 Å². The number of guanidine groups is 1. The number of piperidine rings is 1. The molecule has 0 aliphatic carbocycles. The summed E-state index contributed by atoms with van der Waals surface area (Å²) in [5.41, 5.74) is -0.311. The van der Waals surface area contributed by atoms with Gasteiger partial charge in [-0.15, -0.1) is 4.99 Å². The number of halogens is 3. The van der Waals surface area contributed by atoms with Gasteiger partial charge in [-0.3, -0.25) is 14.9 Å². The second-order valence-corrected chi connectivity index (χ2v) is 10.4. The van der Waals surface area contributed by atoms with Gasteiger partial charge in [0.2, 0.25) is 11.9 Å². The summed E-state index contributed by atoms with van der Waals surface area (Å²) in [6.45, 7) is 4.08. The van der Waals surface area contributed by atoms with Gasteiger partial charge in [0.15, 0.2) is 0 Å². The molecular weight excluding hydrogens is 515 g/mol. The highest BCUT2D eigenvalue weighted by molar-refractivity contribution is 6.05. The molecule has 3 amide bonds. The van der Waals surface area contributed by atoms with E-state index in [2.05, 4.69) is 21.7 Å². The van der Waals surface area contributed by atoms with Crippen LogP contribution in [-0.4, -0.2) is 53.6 Å². The number of likely N-dealkylation sites (tertiary alicyclic amines) is 1. The first-order valence-corrected chi connectivity index (χ1v) is 12.1. The van der Waals surface area contributed by atoms with Crippen LogP contribution in [0.15, 0.2) is 53.5 Å². The molecule has 4 rings (SSSR count). The third kappa shape index (κ3) is 5.87. The van der Waals surface area contributed by atoms with Crippen LogP contribution in [0.1, 0.15) is 38.3 Å². The number of alkyl halides is 3. The van der Waals surface area contributed by atoms with Crippen LogP contribution in [0.4, 0.5) is 18.0 Å². The molecule has 0 aromatic heterocycles. The summed E-state index contributed by atoms with van der Waals surface area (Å²) in [5, 5.41) is 14.8. The minimum absolute atomic E-state index is 0.0749. The molecule has 2 aliphatic heterocycles. The van der Waals surface area contributed by atoms with E-state index in [1.807, 2.05) is 0 Å². The summed E-state index contributed by atoms with van der Waals surface area (Å²) in [6.07, 6.45) is -6.20. The summed E-state index contributed by atoms with van der Waals surface area (Å²) in [6, 6.07) is 15.6. The number of hydrogen-bond donors (Lipinski definition) is 2. The maximum absolute atomic E-state index is 13.4. The highest BCUT2D eigenvalue weighted by Gasteiger charge is 2.55. The lowest BCUT2D eigenvalue weighted by molar-refractivity contribution is -0.189. The zero-order chi connectivity index (χ0) is 28.6. The molecule has 0 radical (unpaired) electrons. The minimum Gasteiger partial charge on any atom is -0.442 e. The van der Waals surface area contributed by atoms with E-state index in [-0.39, 0.29) is 18.9 Å². The molecule has 2 aromatic carbocycles. The van der Waals surface area contributed by atoms with Gasteiger partial charge in [-0.25, -0.2) is 4.79 Å². The number of ether oxygens (including phenoxy) is 1. The smallest absolute Gasteiger partial charge is 0.442 e. The fourth-order valence-corrected chi connectivity index (χ4v) is 4.84. The first kappa shape index (κ1) is 27.6. The molecule has 0 saturated carbocycles. The number of amides is 3. The van der Waals surface area contributed by atoms with Gasteiger partial charge in [-0.2, -0.15) is 18.4 Å². The van der Waals surface area contributed by atoms with Crippen molar-refractivity contribution in [2.75, 3.05) is 13.1 Å². The van der Waals surface area contributed by atoms with E-state index in [0.29, 0.717) is 27.2 Å². The van der Waals surface area contributed by atoms with E-state index in [1.165, 1.54) is 0 Å². The number of carbonyl (C=O) groups excluding carboxylic acids is 3. The number of fused-ring (bicyclic) bond motifs is 1. The van der Waals surface area contributed by atoms with Crippen molar-refractivity contribution in [2.45, 2.75) is 44.5 Å². The first-order chi connectivity index (χ1) is 18.2. The summed E-state index contributed by atoms with van der Waals surface area (Å²) in [4.78, 5) is 42.4. The molecule has 2 N–H and O–H groups in total. The van der Waals surface area contributed by atoms with Crippen molar-refractivity contribution >= 4 is 23.9 Å². The molecule has 0 spiro atoms. The highest BCUT2D eigenvalue weighted by atomic mass is 19.4. The van der Waals surface area contributed by atoms with Crippen molar-refractivity contribution in [3.05, 3.63) is 59.7 Å². The number of aliphatic imine (C=N–C) groups is 1. The third-order valence-electron chi connectivity index (χ3n) is 6.45.